The van der Waals surface area contributed by atoms with E-state index in [0.717, 1.165) is 68.3 Å². The predicted octanol–water partition coefficient (Wildman–Crippen LogP) is 5.42. The molecule has 1 fully saturated rings. The van der Waals surface area contributed by atoms with Crippen LogP contribution in [0.25, 0.3) is 11.0 Å². The fraction of sp³-hybridized carbons (Fsp3) is 0.542. The standard InChI is InChI=1S/C24H28F3N5O/c25-24(26,27)15-10-11-19-20(13-15)30-22(29-19)14-6-5-7-16(12-14)28-23(33)21-17-8-3-1-2-4-9-18(17)31-32-21/h10-11,13-14,16H,1-9,12H2,(H,28,33)(H,29,30)(H,31,32)/t14-,16?/m0/s1. The molecule has 1 aromatic carbocycles. The third-order valence-electron chi connectivity index (χ3n) is 7.00. The van der Waals surface area contributed by atoms with E-state index in [1.807, 2.05) is 0 Å². The largest absolute Gasteiger partial charge is 0.416 e. The van der Waals surface area contributed by atoms with Gasteiger partial charge in [0, 0.05) is 23.2 Å². The normalized spacial score (nSPS) is 21.9. The van der Waals surface area contributed by atoms with E-state index in [2.05, 4.69) is 25.5 Å². The number of aromatic nitrogens is 4. The molecule has 0 aliphatic heterocycles. The minimum Gasteiger partial charge on any atom is -0.348 e. The van der Waals surface area contributed by atoms with Gasteiger partial charge in [-0.2, -0.15) is 18.3 Å². The number of hydrogen-bond donors (Lipinski definition) is 3. The lowest BCUT2D eigenvalue weighted by Gasteiger charge is -2.28. The number of carbonyl (C=O) groups excluding carboxylic acids is 1. The van der Waals surface area contributed by atoms with Crippen LogP contribution < -0.4 is 5.32 Å². The van der Waals surface area contributed by atoms with Crippen molar-refractivity contribution in [2.75, 3.05) is 0 Å². The number of imidazole rings is 1. The topological polar surface area (TPSA) is 86.5 Å². The van der Waals surface area contributed by atoms with Crippen molar-refractivity contribution in [2.24, 2.45) is 0 Å². The summed E-state index contributed by atoms with van der Waals surface area (Å²) in [5.41, 5.74) is 2.88. The molecule has 5 rings (SSSR count). The highest BCUT2D eigenvalue weighted by Crippen LogP contribution is 2.35. The van der Waals surface area contributed by atoms with Gasteiger partial charge in [-0.25, -0.2) is 4.98 Å². The summed E-state index contributed by atoms with van der Waals surface area (Å²) in [5.74, 6) is 0.608. The molecule has 1 unspecified atom stereocenters. The summed E-state index contributed by atoms with van der Waals surface area (Å²) in [6.07, 6.45) is 5.36. The van der Waals surface area contributed by atoms with E-state index in [1.165, 1.54) is 18.9 Å². The zero-order chi connectivity index (χ0) is 23.0. The van der Waals surface area contributed by atoms with Crippen molar-refractivity contribution in [2.45, 2.75) is 82.3 Å². The van der Waals surface area contributed by atoms with Crippen LogP contribution in [0.1, 0.15) is 90.4 Å². The first-order chi connectivity index (χ1) is 15.9. The van der Waals surface area contributed by atoms with Crippen LogP contribution in [0.4, 0.5) is 13.2 Å². The van der Waals surface area contributed by atoms with Crippen LogP contribution in [0.5, 0.6) is 0 Å². The summed E-state index contributed by atoms with van der Waals surface area (Å²) < 4.78 is 39.1. The molecular weight excluding hydrogens is 431 g/mol. The van der Waals surface area contributed by atoms with Gasteiger partial charge < -0.3 is 10.3 Å². The number of carbonyl (C=O) groups is 1. The van der Waals surface area contributed by atoms with Crippen LogP contribution in [0.2, 0.25) is 0 Å². The Hall–Kier alpha value is -2.84. The van der Waals surface area contributed by atoms with E-state index in [4.69, 9.17) is 0 Å². The van der Waals surface area contributed by atoms with Crippen LogP contribution in [0.3, 0.4) is 0 Å². The number of nitrogens with one attached hydrogen (secondary N) is 3. The van der Waals surface area contributed by atoms with E-state index < -0.39 is 11.7 Å². The molecule has 3 N–H and O–H groups in total. The Morgan fingerprint density at radius 3 is 2.70 bits per heavy atom. The number of hydrogen-bond acceptors (Lipinski definition) is 3. The van der Waals surface area contributed by atoms with Crippen molar-refractivity contribution >= 4 is 16.9 Å². The summed E-state index contributed by atoms with van der Waals surface area (Å²) in [6, 6.07) is 3.56. The third kappa shape index (κ3) is 4.63. The monoisotopic (exact) mass is 459 g/mol. The van der Waals surface area contributed by atoms with Gasteiger partial charge >= 0.3 is 6.18 Å². The van der Waals surface area contributed by atoms with E-state index in [1.54, 1.807) is 0 Å². The van der Waals surface area contributed by atoms with E-state index in [0.29, 0.717) is 29.0 Å². The van der Waals surface area contributed by atoms with Crippen molar-refractivity contribution in [3.8, 4) is 0 Å². The van der Waals surface area contributed by atoms with Gasteiger partial charge in [-0.05, 0) is 63.1 Å². The van der Waals surface area contributed by atoms with E-state index >= 15 is 0 Å². The number of aromatic amines is 2. The van der Waals surface area contributed by atoms with Gasteiger partial charge in [-0.15, -0.1) is 0 Å². The van der Waals surface area contributed by atoms with Crippen LogP contribution in [0, 0.1) is 0 Å². The Labute approximate surface area is 189 Å². The predicted molar refractivity (Wildman–Crippen MR) is 118 cm³/mol. The van der Waals surface area contributed by atoms with Crippen LogP contribution in [-0.4, -0.2) is 32.1 Å². The number of nitrogens with zero attached hydrogens (tertiary/aromatic N) is 2. The lowest BCUT2D eigenvalue weighted by molar-refractivity contribution is -0.137. The minimum atomic E-state index is -4.39. The van der Waals surface area contributed by atoms with Gasteiger partial charge in [0.1, 0.15) is 5.82 Å². The summed E-state index contributed by atoms with van der Waals surface area (Å²) in [6.45, 7) is 0. The van der Waals surface area contributed by atoms with Crippen LogP contribution >= 0.6 is 0 Å². The number of amides is 1. The lowest BCUT2D eigenvalue weighted by atomic mass is 9.85. The smallest absolute Gasteiger partial charge is 0.348 e. The molecule has 6 nitrogen and oxygen atoms in total. The quantitative estimate of drug-likeness (QED) is 0.489. The average molecular weight is 460 g/mol. The van der Waals surface area contributed by atoms with Gasteiger partial charge in [-0.1, -0.05) is 19.3 Å². The van der Waals surface area contributed by atoms with Crippen molar-refractivity contribution in [1.29, 1.82) is 0 Å². The Bertz CT molecular complexity index is 1150. The van der Waals surface area contributed by atoms with E-state index in [-0.39, 0.29) is 17.9 Å². The SMILES string of the molecule is O=C(NC1CCC[C@H](c2nc3ccc(C(F)(F)F)cc3[nH]2)C1)c1n[nH]c2c1CCCCCC2. The summed E-state index contributed by atoms with van der Waals surface area (Å²) >= 11 is 0. The molecule has 9 heteroatoms. The molecule has 33 heavy (non-hydrogen) atoms. The third-order valence-corrected chi connectivity index (χ3v) is 7.00. The zero-order valence-electron chi connectivity index (χ0n) is 18.4. The molecule has 2 atom stereocenters. The maximum Gasteiger partial charge on any atom is 0.416 e. The first kappa shape index (κ1) is 22.0. The Balaban J connectivity index is 1.29. The second-order valence-electron chi connectivity index (χ2n) is 9.33. The van der Waals surface area contributed by atoms with Crippen molar-refractivity contribution < 1.29 is 18.0 Å². The van der Waals surface area contributed by atoms with Crippen molar-refractivity contribution in [3.63, 3.8) is 0 Å². The number of alkyl halides is 3. The number of benzene rings is 1. The van der Waals surface area contributed by atoms with Crippen molar-refractivity contribution in [3.05, 3.63) is 46.5 Å². The molecule has 176 valence electrons. The highest BCUT2D eigenvalue weighted by Gasteiger charge is 2.32. The van der Waals surface area contributed by atoms with Crippen molar-refractivity contribution in [1.82, 2.24) is 25.5 Å². The first-order valence-corrected chi connectivity index (χ1v) is 11.8. The summed E-state index contributed by atoms with van der Waals surface area (Å²) in [7, 11) is 0. The van der Waals surface area contributed by atoms with Gasteiger partial charge in [-0.3, -0.25) is 9.89 Å². The zero-order valence-corrected chi connectivity index (χ0v) is 18.4. The molecule has 2 aliphatic carbocycles. The molecule has 2 aromatic heterocycles. The lowest BCUT2D eigenvalue weighted by Crippen LogP contribution is -2.38. The molecule has 0 spiro atoms. The number of aryl methyl sites for hydroxylation is 1. The Kier molecular flexibility index (Phi) is 5.88. The maximum atomic E-state index is 13.0. The molecule has 2 heterocycles. The van der Waals surface area contributed by atoms with Gasteiger partial charge in [0.25, 0.3) is 5.91 Å². The first-order valence-electron chi connectivity index (χ1n) is 11.8. The maximum absolute atomic E-state index is 13.0. The minimum absolute atomic E-state index is 0.0175. The number of halogens is 3. The highest BCUT2D eigenvalue weighted by atomic mass is 19.4. The van der Waals surface area contributed by atoms with E-state index in [9.17, 15) is 18.0 Å². The summed E-state index contributed by atoms with van der Waals surface area (Å²) in [4.78, 5) is 20.7. The molecule has 0 saturated heterocycles. The fourth-order valence-electron chi connectivity index (χ4n) is 5.24. The molecule has 1 saturated carbocycles. The molecule has 0 radical (unpaired) electrons. The fourth-order valence-corrected chi connectivity index (χ4v) is 5.24. The second kappa shape index (κ2) is 8.83. The molecule has 1 amide bonds. The van der Waals surface area contributed by atoms with Gasteiger partial charge in [0.15, 0.2) is 5.69 Å². The molecule has 0 bridgehead atoms. The molecule has 3 aromatic rings. The summed E-state index contributed by atoms with van der Waals surface area (Å²) in [5, 5.41) is 10.6. The second-order valence-corrected chi connectivity index (χ2v) is 9.33. The number of rotatable bonds is 3. The number of fused-ring (bicyclic) bond motifs is 2. The molecule has 2 aliphatic rings. The number of H-pyrrole nitrogens is 2. The van der Waals surface area contributed by atoms with Gasteiger partial charge in [0.2, 0.25) is 0 Å². The van der Waals surface area contributed by atoms with Crippen LogP contribution in [0.15, 0.2) is 18.2 Å². The average Bonchev–Trinajstić information content (AvgIpc) is 3.36. The Morgan fingerprint density at radius 1 is 1.06 bits per heavy atom. The Morgan fingerprint density at radius 2 is 1.88 bits per heavy atom. The molecular formula is C24H28F3N5O. The van der Waals surface area contributed by atoms with Gasteiger partial charge in [0.05, 0.1) is 16.6 Å². The van der Waals surface area contributed by atoms with Crippen LogP contribution in [-0.2, 0) is 19.0 Å². The highest BCUT2D eigenvalue weighted by molar-refractivity contribution is 5.94.